The summed E-state index contributed by atoms with van der Waals surface area (Å²) in [5, 5.41) is 3.20. The van der Waals surface area contributed by atoms with Crippen LogP contribution in [-0.4, -0.2) is 41.8 Å². The van der Waals surface area contributed by atoms with E-state index in [0.717, 1.165) is 22.6 Å². The number of hydrogen-bond donors (Lipinski definition) is 1. The van der Waals surface area contributed by atoms with Crippen LogP contribution in [0.2, 0.25) is 0 Å². The summed E-state index contributed by atoms with van der Waals surface area (Å²) in [4.78, 5) is 33.3. The van der Waals surface area contributed by atoms with Gasteiger partial charge in [0.2, 0.25) is 5.91 Å². The summed E-state index contributed by atoms with van der Waals surface area (Å²) in [6, 6.07) is 12.2. The Bertz CT molecular complexity index is 1150. The molecule has 1 aliphatic heterocycles. The molecule has 0 saturated heterocycles. The molecule has 31 heavy (non-hydrogen) atoms. The minimum atomic E-state index is -0.516. The smallest absolute Gasteiger partial charge is 0.339 e. The van der Waals surface area contributed by atoms with E-state index in [9.17, 15) is 9.59 Å². The van der Waals surface area contributed by atoms with Crippen LogP contribution >= 0.6 is 11.8 Å². The monoisotopic (exact) mass is 437 g/mol. The first-order chi connectivity index (χ1) is 15.1. The second kappa shape index (κ2) is 9.05. The number of ether oxygens (including phenoxy) is 3. The molecule has 0 bridgehead atoms. The van der Waals surface area contributed by atoms with Gasteiger partial charge in [0.15, 0.2) is 5.16 Å². The number of hydrogen-bond acceptors (Lipinski definition) is 8. The second-order valence-corrected chi connectivity index (χ2v) is 7.49. The molecule has 2 aromatic carbocycles. The summed E-state index contributed by atoms with van der Waals surface area (Å²) in [6.07, 6.45) is 1.71. The predicted molar refractivity (Wildman–Crippen MR) is 115 cm³/mol. The Morgan fingerprint density at radius 2 is 2.03 bits per heavy atom. The molecule has 1 N–H and O–H groups in total. The quantitative estimate of drug-likeness (QED) is 0.355. The van der Waals surface area contributed by atoms with Gasteiger partial charge in [-0.05, 0) is 30.3 Å². The van der Waals surface area contributed by atoms with Crippen molar-refractivity contribution < 1.29 is 23.8 Å². The van der Waals surface area contributed by atoms with Gasteiger partial charge in [0, 0.05) is 17.3 Å². The van der Waals surface area contributed by atoms with E-state index in [1.807, 2.05) is 18.2 Å². The Hall–Kier alpha value is -3.59. The van der Waals surface area contributed by atoms with E-state index in [1.165, 1.54) is 18.9 Å². The number of carbonyl (C=O) groups is 2. The minimum absolute atomic E-state index is 0.0791. The number of fused-ring (bicyclic) bond motifs is 3. The number of esters is 1. The molecule has 1 aromatic heterocycles. The van der Waals surface area contributed by atoms with Crippen LogP contribution in [0.3, 0.4) is 0 Å². The zero-order valence-electron chi connectivity index (χ0n) is 16.9. The van der Waals surface area contributed by atoms with Crippen molar-refractivity contribution in [2.75, 3.05) is 25.3 Å². The molecular formula is C22H19N3O5S. The zero-order chi connectivity index (χ0) is 21.8. The van der Waals surface area contributed by atoms with Crippen molar-refractivity contribution in [3.8, 4) is 22.8 Å². The average Bonchev–Trinajstić information content (AvgIpc) is 2.82. The highest BCUT2D eigenvalue weighted by Gasteiger charge is 2.21. The Labute approximate surface area is 183 Å². The number of methoxy groups -OCH3 is 2. The number of para-hydroxylation sites is 1. The van der Waals surface area contributed by atoms with Crippen LogP contribution in [0.1, 0.15) is 15.9 Å². The van der Waals surface area contributed by atoms with Gasteiger partial charge in [-0.15, -0.1) is 0 Å². The Morgan fingerprint density at radius 1 is 1.19 bits per heavy atom. The first-order valence-corrected chi connectivity index (χ1v) is 10.3. The fourth-order valence-corrected chi connectivity index (χ4v) is 3.71. The number of rotatable bonds is 6. The van der Waals surface area contributed by atoms with Crippen molar-refractivity contribution in [3.05, 3.63) is 59.8 Å². The van der Waals surface area contributed by atoms with Crippen LogP contribution in [-0.2, 0) is 16.1 Å². The summed E-state index contributed by atoms with van der Waals surface area (Å²) in [5.74, 6) is 0.702. The number of anilines is 1. The molecule has 158 valence electrons. The standard InChI is InChI=1S/C22H19N3O5S/c1-28-14-7-8-18-16(9-14)20-13(11-30-18)10-23-22(25-20)31-12-19(26)24-17-6-4-3-5-15(17)21(27)29-2/h3-10H,11-12H2,1-2H3,(H,24,26). The molecule has 0 atom stereocenters. The maximum atomic E-state index is 12.4. The first kappa shape index (κ1) is 20.7. The number of benzene rings is 2. The molecule has 0 spiro atoms. The van der Waals surface area contributed by atoms with Gasteiger partial charge in [0.1, 0.15) is 18.1 Å². The Kier molecular flexibility index (Phi) is 6.03. The Morgan fingerprint density at radius 3 is 2.84 bits per heavy atom. The van der Waals surface area contributed by atoms with Gasteiger partial charge >= 0.3 is 5.97 Å². The molecule has 8 nitrogen and oxygen atoms in total. The topological polar surface area (TPSA) is 99.6 Å². The van der Waals surface area contributed by atoms with Crippen molar-refractivity contribution in [1.82, 2.24) is 9.97 Å². The van der Waals surface area contributed by atoms with Gasteiger partial charge in [-0.1, -0.05) is 23.9 Å². The highest BCUT2D eigenvalue weighted by Crippen LogP contribution is 2.38. The number of amides is 1. The van der Waals surface area contributed by atoms with Crippen LogP contribution in [0.5, 0.6) is 11.5 Å². The predicted octanol–water partition coefficient (Wildman–Crippen LogP) is 3.56. The number of aromatic nitrogens is 2. The molecule has 0 unspecified atom stereocenters. The first-order valence-electron chi connectivity index (χ1n) is 9.36. The van der Waals surface area contributed by atoms with E-state index in [0.29, 0.717) is 28.8 Å². The summed E-state index contributed by atoms with van der Waals surface area (Å²) >= 11 is 1.20. The summed E-state index contributed by atoms with van der Waals surface area (Å²) in [6.45, 7) is 0.379. The van der Waals surface area contributed by atoms with Crippen LogP contribution in [0.25, 0.3) is 11.3 Å². The van der Waals surface area contributed by atoms with Crippen LogP contribution in [0, 0.1) is 0 Å². The van der Waals surface area contributed by atoms with Crippen LogP contribution in [0.15, 0.2) is 53.8 Å². The van der Waals surface area contributed by atoms with E-state index in [-0.39, 0.29) is 11.7 Å². The van der Waals surface area contributed by atoms with Gasteiger partial charge in [-0.25, -0.2) is 14.8 Å². The van der Waals surface area contributed by atoms with Crippen LogP contribution in [0.4, 0.5) is 5.69 Å². The van der Waals surface area contributed by atoms with Crippen molar-refractivity contribution in [3.63, 3.8) is 0 Å². The van der Waals surface area contributed by atoms with Crippen molar-refractivity contribution in [2.24, 2.45) is 0 Å². The third kappa shape index (κ3) is 4.46. The molecule has 3 aromatic rings. The lowest BCUT2D eigenvalue weighted by Crippen LogP contribution is -2.17. The third-order valence-corrected chi connectivity index (χ3v) is 5.47. The normalized spacial score (nSPS) is 11.5. The number of nitrogens with zero attached hydrogens (tertiary/aromatic N) is 2. The molecule has 0 radical (unpaired) electrons. The SMILES string of the molecule is COC(=O)c1ccccc1NC(=O)CSc1ncc2c(n1)-c1cc(OC)ccc1OC2. The number of thioether (sulfide) groups is 1. The van der Waals surface area contributed by atoms with Crippen molar-refractivity contribution in [1.29, 1.82) is 0 Å². The summed E-state index contributed by atoms with van der Waals surface area (Å²) < 4.78 is 15.8. The maximum Gasteiger partial charge on any atom is 0.339 e. The van der Waals surface area contributed by atoms with Gasteiger partial charge in [0.05, 0.1) is 36.9 Å². The third-order valence-electron chi connectivity index (χ3n) is 4.61. The minimum Gasteiger partial charge on any atom is -0.497 e. The van der Waals surface area contributed by atoms with Gasteiger partial charge in [-0.3, -0.25) is 4.79 Å². The highest BCUT2D eigenvalue weighted by molar-refractivity contribution is 7.99. The maximum absolute atomic E-state index is 12.4. The lowest BCUT2D eigenvalue weighted by Gasteiger charge is -2.20. The zero-order valence-corrected chi connectivity index (χ0v) is 17.7. The van der Waals surface area contributed by atoms with Crippen LogP contribution < -0.4 is 14.8 Å². The van der Waals surface area contributed by atoms with E-state index >= 15 is 0 Å². The molecule has 2 heterocycles. The summed E-state index contributed by atoms with van der Waals surface area (Å²) in [7, 11) is 2.90. The van der Waals surface area contributed by atoms with Gasteiger partial charge in [0.25, 0.3) is 0 Å². The van der Waals surface area contributed by atoms with Crippen molar-refractivity contribution in [2.45, 2.75) is 11.8 Å². The molecule has 0 saturated carbocycles. The fraction of sp³-hybridized carbons (Fsp3) is 0.182. The summed E-state index contributed by atoms with van der Waals surface area (Å²) in [5.41, 5.74) is 3.13. The van der Waals surface area contributed by atoms with E-state index in [1.54, 1.807) is 37.6 Å². The Balaban J connectivity index is 1.48. The van der Waals surface area contributed by atoms with Gasteiger partial charge in [-0.2, -0.15) is 0 Å². The largest absolute Gasteiger partial charge is 0.497 e. The fourth-order valence-electron chi connectivity index (χ4n) is 3.10. The second-order valence-electron chi connectivity index (χ2n) is 6.55. The highest BCUT2D eigenvalue weighted by atomic mass is 32.2. The molecule has 0 fully saturated rings. The molecule has 1 aliphatic rings. The lowest BCUT2D eigenvalue weighted by atomic mass is 10.0. The number of nitrogens with one attached hydrogen (secondary N) is 1. The van der Waals surface area contributed by atoms with E-state index in [2.05, 4.69) is 15.3 Å². The molecule has 4 rings (SSSR count). The van der Waals surface area contributed by atoms with Crippen molar-refractivity contribution >= 4 is 29.3 Å². The molecule has 0 aliphatic carbocycles. The van der Waals surface area contributed by atoms with E-state index in [4.69, 9.17) is 14.2 Å². The lowest BCUT2D eigenvalue weighted by molar-refractivity contribution is -0.113. The molecule has 9 heteroatoms. The average molecular weight is 437 g/mol. The number of carbonyl (C=O) groups excluding carboxylic acids is 2. The van der Waals surface area contributed by atoms with Gasteiger partial charge < -0.3 is 19.5 Å². The molecular weight excluding hydrogens is 418 g/mol. The molecule has 1 amide bonds. The van der Waals surface area contributed by atoms with E-state index < -0.39 is 5.97 Å².